The lowest BCUT2D eigenvalue weighted by molar-refractivity contribution is -0.137. The summed E-state index contributed by atoms with van der Waals surface area (Å²) in [6.45, 7) is 8.00. The second-order valence-electron chi connectivity index (χ2n) is 5.38. The number of hydrogen-bond acceptors (Lipinski definition) is 4. The van der Waals surface area contributed by atoms with E-state index in [-0.39, 0.29) is 17.2 Å². The van der Waals surface area contributed by atoms with Gasteiger partial charge < -0.3 is 15.8 Å². The van der Waals surface area contributed by atoms with Crippen LogP contribution in [0.25, 0.3) is 0 Å². The average Bonchev–Trinajstić information content (AvgIpc) is 2.76. The largest absolute Gasteiger partial charge is 0.495 e. The van der Waals surface area contributed by atoms with Gasteiger partial charge in [-0.3, -0.25) is 14.4 Å². The summed E-state index contributed by atoms with van der Waals surface area (Å²) in [4.78, 5) is 35.8. The first-order chi connectivity index (χ1) is 14.3. The fourth-order valence-corrected chi connectivity index (χ4v) is 2.68. The zero-order valence-corrected chi connectivity index (χ0v) is 18.5. The number of ether oxygens (including phenoxy) is 1. The van der Waals surface area contributed by atoms with Crippen molar-refractivity contribution in [1.29, 1.82) is 0 Å². The monoisotopic (exact) mass is 438 g/mol. The SMILES string of the molecule is CC.CC.COc1ccc(F)c(C(=O)NC(Cc2ccccc2)C(=O)C(N)=O)c1Cl. The maximum absolute atomic E-state index is 14.1. The number of rotatable bonds is 7. The normalized spacial score (nSPS) is 10.4. The van der Waals surface area contributed by atoms with E-state index in [4.69, 9.17) is 22.1 Å². The molecule has 1 atom stereocenters. The summed E-state index contributed by atoms with van der Waals surface area (Å²) in [5, 5.41) is 2.09. The molecule has 2 aromatic carbocycles. The summed E-state index contributed by atoms with van der Waals surface area (Å²) >= 11 is 5.99. The minimum Gasteiger partial charge on any atom is -0.495 e. The van der Waals surface area contributed by atoms with Crippen LogP contribution in [0.15, 0.2) is 42.5 Å². The third-order valence-electron chi connectivity index (χ3n) is 3.65. The molecule has 0 aromatic heterocycles. The molecule has 0 aliphatic rings. The Kier molecular flexibility index (Phi) is 12.7. The minimum absolute atomic E-state index is 0.0115. The van der Waals surface area contributed by atoms with Crippen LogP contribution in [0.1, 0.15) is 43.6 Å². The molecule has 0 aliphatic carbocycles. The number of hydrogen-bond donors (Lipinski definition) is 2. The van der Waals surface area contributed by atoms with Crippen molar-refractivity contribution in [2.75, 3.05) is 7.11 Å². The fourth-order valence-electron chi connectivity index (χ4n) is 2.36. The number of nitrogens with one attached hydrogen (secondary N) is 1. The van der Waals surface area contributed by atoms with Gasteiger partial charge in [0.05, 0.1) is 17.7 Å². The highest BCUT2D eigenvalue weighted by Gasteiger charge is 2.28. The van der Waals surface area contributed by atoms with Crippen molar-refractivity contribution >= 4 is 29.2 Å². The smallest absolute Gasteiger partial charge is 0.287 e. The van der Waals surface area contributed by atoms with Crippen molar-refractivity contribution < 1.29 is 23.5 Å². The molecule has 0 aliphatic heterocycles. The van der Waals surface area contributed by atoms with Crippen LogP contribution in [0.5, 0.6) is 5.75 Å². The van der Waals surface area contributed by atoms with Gasteiger partial charge in [-0.1, -0.05) is 69.6 Å². The Bertz CT molecular complexity index is 845. The van der Waals surface area contributed by atoms with Crippen LogP contribution in [0.3, 0.4) is 0 Å². The molecule has 8 heteroatoms. The van der Waals surface area contributed by atoms with E-state index in [1.165, 1.54) is 13.2 Å². The number of Topliss-reactive ketones (excluding diaryl/α,β-unsaturated/α-hetero) is 1. The topological polar surface area (TPSA) is 98.5 Å². The number of carbonyl (C=O) groups is 3. The van der Waals surface area contributed by atoms with Gasteiger partial charge >= 0.3 is 0 Å². The molecule has 0 spiro atoms. The number of ketones is 1. The van der Waals surface area contributed by atoms with Gasteiger partial charge in [-0.25, -0.2) is 4.39 Å². The molecule has 0 heterocycles. The van der Waals surface area contributed by atoms with Crippen molar-refractivity contribution in [3.8, 4) is 5.75 Å². The molecule has 0 fully saturated rings. The van der Waals surface area contributed by atoms with E-state index in [9.17, 15) is 18.8 Å². The molecule has 30 heavy (non-hydrogen) atoms. The number of nitrogens with two attached hydrogens (primary N) is 1. The lowest BCUT2D eigenvalue weighted by atomic mass is 10.0. The average molecular weight is 439 g/mol. The van der Waals surface area contributed by atoms with Gasteiger partial charge in [-0.2, -0.15) is 0 Å². The minimum atomic E-state index is -1.26. The Balaban J connectivity index is 0.00000198. The van der Waals surface area contributed by atoms with Gasteiger partial charge in [0.15, 0.2) is 0 Å². The highest BCUT2D eigenvalue weighted by atomic mass is 35.5. The Morgan fingerprint density at radius 1 is 1.07 bits per heavy atom. The van der Waals surface area contributed by atoms with Gasteiger partial charge in [0.2, 0.25) is 5.78 Å². The summed E-state index contributed by atoms with van der Waals surface area (Å²) in [5.74, 6) is -3.95. The molecular formula is C22H28ClFN2O4. The highest BCUT2D eigenvalue weighted by molar-refractivity contribution is 6.38. The predicted octanol–water partition coefficient (Wildman–Crippen LogP) is 3.94. The molecule has 2 amide bonds. The lowest BCUT2D eigenvalue weighted by Crippen LogP contribution is -2.47. The number of halogens is 2. The van der Waals surface area contributed by atoms with E-state index in [0.717, 1.165) is 6.07 Å². The predicted molar refractivity (Wildman–Crippen MR) is 116 cm³/mol. The number of carbonyl (C=O) groups excluding carboxylic acids is 3. The molecule has 3 N–H and O–H groups in total. The molecule has 2 rings (SSSR count). The van der Waals surface area contributed by atoms with Gasteiger partial charge in [0.1, 0.15) is 17.6 Å². The van der Waals surface area contributed by atoms with Gasteiger partial charge in [-0.15, -0.1) is 0 Å². The third kappa shape index (κ3) is 7.48. The van der Waals surface area contributed by atoms with E-state index in [1.54, 1.807) is 30.3 Å². The van der Waals surface area contributed by atoms with Crippen LogP contribution < -0.4 is 15.8 Å². The maximum atomic E-state index is 14.1. The van der Waals surface area contributed by atoms with Crippen molar-refractivity contribution in [1.82, 2.24) is 5.32 Å². The van der Waals surface area contributed by atoms with Crippen LogP contribution in [0.4, 0.5) is 4.39 Å². The van der Waals surface area contributed by atoms with Crippen molar-refractivity contribution in [2.24, 2.45) is 5.73 Å². The molecule has 6 nitrogen and oxygen atoms in total. The highest BCUT2D eigenvalue weighted by Crippen LogP contribution is 2.30. The molecular weight excluding hydrogens is 411 g/mol. The molecule has 164 valence electrons. The fraction of sp³-hybridized carbons (Fsp3) is 0.318. The quantitative estimate of drug-likeness (QED) is 0.639. The van der Waals surface area contributed by atoms with Crippen molar-refractivity contribution in [2.45, 2.75) is 40.2 Å². The zero-order valence-electron chi connectivity index (χ0n) is 17.8. The molecule has 0 saturated heterocycles. The van der Waals surface area contributed by atoms with Crippen LogP contribution in [0, 0.1) is 5.82 Å². The summed E-state index contributed by atoms with van der Waals surface area (Å²) in [6, 6.07) is 9.70. The third-order valence-corrected chi connectivity index (χ3v) is 4.03. The maximum Gasteiger partial charge on any atom is 0.287 e. The van der Waals surface area contributed by atoms with E-state index in [2.05, 4.69) is 5.32 Å². The van der Waals surface area contributed by atoms with E-state index < -0.39 is 35.0 Å². The summed E-state index contributed by atoms with van der Waals surface area (Å²) < 4.78 is 19.0. The standard InChI is InChI=1S/C18H16ClFN2O4.2C2H6/c1-26-13-8-7-11(20)14(15(13)19)18(25)22-12(16(23)17(21)24)9-10-5-3-2-4-6-10;2*1-2/h2-8,12H,9H2,1H3,(H2,21,24)(H,22,25);2*1-2H3. The van der Waals surface area contributed by atoms with E-state index in [0.29, 0.717) is 5.56 Å². The van der Waals surface area contributed by atoms with Gasteiger partial charge in [0.25, 0.3) is 11.8 Å². The van der Waals surface area contributed by atoms with Gasteiger partial charge in [-0.05, 0) is 17.7 Å². The first kappa shape index (κ1) is 27.1. The molecule has 0 bridgehead atoms. The summed E-state index contributed by atoms with van der Waals surface area (Å²) in [5.41, 5.74) is 5.25. The Hall–Kier alpha value is -2.93. The Labute approximate surface area is 181 Å². The Morgan fingerprint density at radius 3 is 2.13 bits per heavy atom. The molecule has 0 radical (unpaired) electrons. The number of primary amides is 1. The lowest BCUT2D eigenvalue weighted by Gasteiger charge is -2.17. The summed E-state index contributed by atoms with van der Waals surface area (Å²) in [6.07, 6.45) is 0.0115. The first-order valence-corrected chi connectivity index (χ1v) is 9.93. The van der Waals surface area contributed by atoms with Crippen LogP contribution >= 0.6 is 11.6 Å². The molecule has 2 aromatic rings. The van der Waals surface area contributed by atoms with E-state index >= 15 is 0 Å². The van der Waals surface area contributed by atoms with Crippen molar-refractivity contribution in [3.05, 3.63) is 64.4 Å². The molecule has 0 saturated carbocycles. The second-order valence-corrected chi connectivity index (χ2v) is 5.76. The van der Waals surface area contributed by atoms with Crippen LogP contribution in [-0.4, -0.2) is 30.7 Å². The number of amides is 2. The van der Waals surface area contributed by atoms with Gasteiger partial charge in [0, 0.05) is 6.42 Å². The number of benzene rings is 2. The van der Waals surface area contributed by atoms with Crippen molar-refractivity contribution in [3.63, 3.8) is 0 Å². The van der Waals surface area contributed by atoms with E-state index in [1.807, 2.05) is 27.7 Å². The second kappa shape index (κ2) is 14.1. The van der Waals surface area contributed by atoms with Crippen LogP contribution in [-0.2, 0) is 16.0 Å². The molecule has 1 unspecified atom stereocenters. The Morgan fingerprint density at radius 2 is 1.63 bits per heavy atom. The van der Waals surface area contributed by atoms with Crippen LogP contribution in [0.2, 0.25) is 5.02 Å². The number of methoxy groups -OCH3 is 1. The zero-order chi connectivity index (χ0) is 23.3. The summed E-state index contributed by atoms with van der Waals surface area (Å²) in [7, 11) is 1.32. The first-order valence-electron chi connectivity index (χ1n) is 9.55.